The van der Waals surface area contributed by atoms with Crippen molar-refractivity contribution in [3.05, 3.63) is 46.9 Å². The molecule has 8 nitrogen and oxygen atoms in total. The molecule has 0 aliphatic rings. The van der Waals surface area contributed by atoms with Gasteiger partial charge < -0.3 is 9.84 Å². The standard InChI is InChI=1S/C24H32FN3O5S/c1-8-18(29)13-15(4)19(23(30)33-6)20-21(14(2)3)26-24(28(5)34(7,31)32)27-22(20)16-9-11-17(25)12-10-16/h9-12,14,18,29H,8,13H2,1-7H3/b19-15-/t18-/m0/s1. The lowest BCUT2D eigenvalue weighted by molar-refractivity contribution is -0.133. The first-order valence-corrected chi connectivity index (χ1v) is 12.7. The van der Waals surface area contributed by atoms with Gasteiger partial charge in [0, 0.05) is 18.2 Å². The molecule has 1 aromatic heterocycles. The highest BCUT2D eigenvalue weighted by molar-refractivity contribution is 7.92. The molecule has 0 fully saturated rings. The van der Waals surface area contributed by atoms with Crippen molar-refractivity contribution in [2.45, 2.75) is 52.6 Å². The molecule has 0 bridgehead atoms. The molecule has 0 amide bonds. The summed E-state index contributed by atoms with van der Waals surface area (Å²) in [6.07, 6.45) is 1.06. The van der Waals surface area contributed by atoms with E-state index in [0.29, 0.717) is 28.8 Å². The number of ether oxygens (including phenoxy) is 1. The summed E-state index contributed by atoms with van der Waals surface area (Å²) < 4.78 is 44.2. The molecular formula is C24H32FN3O5S. The average Bonchev–Trinajstić information content (AvgIpc) is 2.78. The van der Waals surface area contributed by atoms with Crippen molar-refractivity contribution in [2.24, 2.45) is 0 Å². The van der Waals surface area contributed by atoms with Crippen LogP contribution in [-0.2, 0) is 19.6 Å². The van der Waals surface area contributed by atoms with Crippen LogP contribution in [0.2, 0.25) is 0 Å². The molecule has 1 atom stereocenters. The fourth-order valence-electron chi connectivity index (χ4n) is 3.43. The van der Waals surface area contributed by atoms with E-state index in [1.807, 2.05) is 20.8 Å². The second-order valence-corrected chi connectivity index (χ2v) is 10.5. The highest BCUT2D eigenvalue weighted by atomic mass is 32.2. The predicted octanol–water partition coefficient (Wildman–Crippen LogP) is 3.91. The Bertz CT molecular complexity index is 1180. The molecule has 0 saturated heterocycles. The molecule has 0 aliphatic heterocycles. The van der Waals surface area contributed by atoms with Gasteiger partial charge in [-0.1, -0.05) is 26.3 Å². The Morgan fingerprint density at radius 3 is 2.26 bits per heavy atom. The SMILES string of the molecule is CC[C@H](O)C/C(C)=C(\C(=O)OC)c1c(-c2ccc(F)cc2)nc(N(C)S(C)(=O)=O)nc1C(C)C. The predicted molar refractivity (Wildman–Crippen MR) is 130 cm³/mol. The van der Waals surface area contributed by atoms with Crippen LogP contribution in [0, 0.1) is 5.82 Å². The molecule has 34 heavy (non-hydrogen) atoms. The molecule has 1 N–H and O–H groups in total. The topological polar surface area (TPSA) is 110 Å². The summed E-state index contributed by atoms with van der Waals surface area (Å²) in [7, 11) is -1.09. The maximum atomic E-state index is 13.7. The Morgan fingerprint density at radius 2 is 1.79 bits per heavy atom. The molecule has 186 valence electrons. The number of aliphatic hydroxyl groups excluding tert-OH is 1. The van der Waals surface area contributed by atoms with Gasteiger partial charge in [0.15, 0.2) is 0 Å². The van der Waals surface area contributed by atoms with Crippen molar-refractivity contribution in [3.8, 4) is 11.3 Å². The molecule has 2 rings (SSSR count). The van der Waals surface area contributed by atoms with E-state index in [4.69, 9.17) is 4.74 Å². The lowest BCUT2D eigenvalue weighted by atomic mass is 9.89. The molecule has 0 unspecified atom stereocenters. The summed E-state index contributed by atoms with van der Waals surface area (Å²) in [5.41, 5.74) is 2.26. The Hall–Kier alpha value is -2.85. The zero-order valence-electron chi connectivity index (χ0n) is 20.6. The monoisotopic (exact) mass is 493 g/mol. The molecule has 0 radical (unpaired) electrons. The zero-order chi connectivity index (χ0) is 25.8. The maximum Gasteiger partial charge on any atom is 0.338 e. The molecule has 1 aromatic carbocycles. The zero-order valence-corrected chi connectivity index (χ0v) is 21.4. The summed E-state index contributed by atoms with van der Waals surface area (Å²) in [4.78, 5) is 22.1. The van der Waals surface area contributed by atoms with Gasteiger partial charge in [0.1, 0.15) is 5.82 Å². The molecule has 0 spiro atoms. The van der Waals surface area contributed by atoms with Crippen molar-refractivity contribution < 1.29 is 27.4 Å². The number of rotatable bonds is 9. The van der Waals surface area contributed by atoms with Crippen LogP contribution in [0.25, 0.3) is 16.8 Å². The van der Waals surface area contributed by atoms with E-state index in [-0.39, 0.29) is 29.6 Å². The van der Waals surface area contributed by atoms with Crippen molar-refractivity contribution in [1.29, 1.82) is 0 Å². The third-order valence-corrected chi connectivity index (χ3v) is 6.61. The average molecular weight is 494 g/mol. The molecule has 0 aliphatic carbocycles. The number of carbonyl (C=O) groups excluding carboxylic acids is 1. The minimum Gasteiger partial charge on any atom is -0.465 e. The number of nitrogens with zero attached hydrogens (tertiary/aromatic N) is 3. The number of aromatic nitrogens is 2. The van der Waals surface area contributed by atoms with Gasteiger partial charge >= 0.3 is 5.97 Å². The molecule has 2 aromatic rings. The fraction of sp³-hybridized carbons (Fsp3) is 0.458. The van der Waals surface area contributed by atoms with Crippen LogP contribution in [0.15, 0.2) is 29.8 Å². The van der Waals surface area contributed by atoms with Gasteiger partial charge in [0.2, 0.25) is 16.0 Å². The minimum atomic E-state index is -3.68. The van der Waals surface area contributed by atoms with Crippen LogP contribution in [-0.4, -0.2) is 56.0 Å². The largest absolute Gasteiger partial charge is 0.465 e. The highest BCUT2D eigenvalue weighted by Crippen LogP contribution is 2.37. The van der Waals surface area contributed by atoms with E-state index in [2.05, 4.69) is 9.97 Å². The number of carbonyl (C=O) groups is 1. The van der Waals surface area contributed by atoms with Gasteiger partial charge in [-0.2, -0.15) is 0 Å². The van der Waals surface area contributed by atoms with Crippen molar-refractivity contribution >= 4 is 27.5 Å². The number of sulfonamides is 1. The first-order valence-electron chi connectivity index (χ1n) is 10.9. The van der Waals surface area contributed by atoms with E-state index >= 15 is 0 Å². The maximum absolute atomic E-state index is 13.7. The van der Waals surface area contributed by atoms with Gasteiger partial charge in [0.25, 0.3) is 0 Å². The summed E-state index contributed by atoms with van der Waals surface area (Å²) >= 11 is 0. The Morgan fingerprint density at radius 1 is 1.21 bits per heavy atom. The number of anilines is 1. The van der Waals surface area contributed by atoms with Crippen LogP contribution < -0.4 is 4.31 Å². The molecular weight excluding hydrogens is 461 g/mol. The number of methoxy groups -OCH3 is 1. The Labute approximate surface area is 200 Å². The molecule has 0 saturated carbocycles. The van der Waals surface area contributed by atoms with E-state index in [1.54, 1.807) is 6.92 Å². The van der Waals surface area contributed by atoms with E-state index in [9.17, 15) is 22.7 Å². The van der Waals surface area contributed by atoms with E-state index in [0.717, 1.165) is 10.6 Å². The number of halogens is 1. The summed E-state index contributed by atoms with van der Waals surface area (Å²) in [6.45, 7) is 7.27. The normalized spacial score (nSPS) is 13.5. The van der Waals surface area contributed by atoms with Crippen LogP contribution in [0.4, 0.5) is 10.3 Å². The molecule has 1 heterocycles. The van der Waals surface area contributed by atoms with Gasteiger partial charge in [0.05, 0.1) is 36.4 Å². The Kier molecular flexibility index (Phi) is 8.90. The van der Waals surface area contributed by atoms with Crippen LogP contribution >= 0.6 is 0 Å². The smallest absolute Gasteiger partial charge is 0.338 e. The number of hydrogen-bond acceptors (Lipinski definition) is 7. The number of aliphatic hydroxyl groups is 1. The van der Waals surface area contributed by atoms with Crippen molar-refractivity contribution in [2.75, 3.05) is 24.7 Å². The van der Waals surface area contributed by atoms with E-state index < -0.39 is 27.9 Å². The quantitative estimate of drug-likeness (QED) is 0.417. The highest BCUT2D eigenvalue weighted by Gasteiger charge is 2.29. The van der Waals surface area contributed by atoms with Crippen molar-refractivity contribution in [3.63, 3.8) is 0 Å². The summed E-state index contributed by atoms with van der Waals surface area (Å²) in [6, 6.07) is 5.51. The second kappa shape index (κ2) is 11.1. The van der Waals surface area contributed by atoms with Gasteiger partial charge in [-0.25, -0.2) is 31.9 Å². The Balaban J connectivity index is 3.04. The van der Waals surface area contributed by atoms with Crippen LogP contribution in [0.1, 0.15) is 57.7 Å². The third kappa shape index (κ3) is 6.18. The lowest BCUT2D eigenvalue weighted by Gasteiger charge is -2.23. The van der Waals surface area contributed by atoms with Gasteiger partial charge in [-0.05, 0) is 49.9 Å². The number of benzene rings is 1. The third-order valence-electron chi connectivity index (χ3n) is 5.45. The minimum absolute atomic E-state index is 0.0789. The lowest BCUT2D eigenvalue weighted by Crippen LogP contribution is -2.28. The molecule has 10 heteroatoms. The first kappa shape index (κ1) is 27.4. The number of esters is 1. The van der Waals surface area contributed by atoms with Gasteiger partial charge in [-0.15, -0.1) is 0 Å². The van der Waals surface area contributed by atoms with Crippen molar-refractivity contribution in [1.82, 2.24) is 9.97 Å². The fourth-order valence-corrected chi connectivity index (χ4v) is 3.81. The van der Waals surface area contributed by atoms with E-state index in [1.165, 1.54) is 38.4 Å². The first-order chi connectivity index (χ1) is 15.8. The van der Waals surface area contributed by atoms with Crippen LogP contribution in [0.5, 0.6) is 0 Å². The summed E-state index contributed by atoms with van der Waals surface area (Å²) in [5.74, 6) is -1.42. The number of hydrogen-bond donors (Lipinski definition) is 1. The summed E-state index contributed by atoms with van der Waals surface area (Å²) in [5, 5.41) is 10.2. The second-order valence-electron chi connectivity index (χ2n) is 8.44. The van der Waals surface area contributed by atoms with Gasteiger partial charge in [-0.3, -0.25) is 0 Å². The van der Waals surface area contributed by atoms with Crippen LogP contribution in [0.3, 0.4) is 0 Å².